The number of piperazine rings is 1. The molecule has 2 bridgehead atoms. The van der Waals surface area contributed by atoms with Gasteiger partial charge in [-0.3, -0.25) is 4.90 Å². The summed E-state index contributed by atoms with van der Waals surface area (Å²) in [5.74, 6) is 1.15. The van der Waals surface area contributed by atoms with Gasteiger partial charge in [0.05, 0.1) is 0 Å². The maximum atomic E-state index is 4.86. The van der Waals surface area contributed by atoms with Crippen LogP contribution in [0.15, 0.2) is 48.7 Å². The van der Waals surface area contributed by atoms with Gasteiger partial charge < -0.3 is 9.80 Å². The molecular weight excluding hydrogens is 320 g/mol. The standard InChI is InChI=1S/C22H28N4/c1-2-4-19(5-3-1)17-24-12-14-26(15-13-24)21-7-6-20(16-23-21)22-8-10-25(18-22)11-9-22/h1-7,16H,8-15,17-18H2. The summed E-state index contributed by atoms with van der Waals surface area (Å²) < 4.78 is 0. The van der Waals surface area contributed by atoms with Gasteiger partial charge in [-0.15, -0.1) is 0 Å². The smallest absolute Gasteiger partial charge is 0.128 e. The van der Waals surface area contributed by atoms with Crippen molar-refractivity contribution in [1.29, 1.82) is 0 Å². The summed E-state index contributed by atoms with van der Waals surface area (Å²) in [6, 6.07) is 15.4. The molecule has 0 spiro atoms. The summed E-state index contributed by atoms with van der Waals surface area (Å²) in [6.45, 7) is 9.19. The molecule has 0 N–H and O–H groups in total. The lowest BCUT2D eigenvalue weighted by Gasteiger charge is -2.35. The molecule has 4 nitrogen and oxygen atoms in total. The van der Waals surface area contributed by atoms with Crippen LogP contribution in [0.25, 0.3) is 0 Å². The second-order valence-corrected chi connectivity index (χ2v) is 8.21. The van der Waals surface area contributed by atoms with E-state index in [2.05, 4.69) is 63.4 Å². The lowest BCUT2D eigenvalue weighted by molar-refractivity contribution is 0.249. The number of hydrogen-bond acceptors (Lipinski definition) is 4. The fourth-order valence-corrected chi connectivity index (χ4v) is 4.97. The highest BCUT2D eigenvalue weighted by Crippen LogP contribution is 2.43. The molecule has 0 saturated carbocycles. The molecule has 1 aromatic heterocycles. The molecule has 136 valence electrons. The van der Waals surface area contributed by atoms with Crippen LogP contribution >= 0.6 is 0 Å². The molecule has 0 unspecified atom stereocenters. The molecule has 26 heavy (non-hydrogen) atoms. The Bertz CT molecular complexity index is 726. The largest absolute Gasteiger partial charge is 0.354 e. The zero-order chi connectivity index (χ0) is 17.4. The molecular formula is C22H28N4. The fourth-order valence-electron chi connectivity index (χ4n) is 4.97. The monoisotopic (exact) mass is 348 g/mol. The number of hydrogen-bond donors (Lipinski definition) is 0. The van der Waals surface area contributed by atoms with Gasteiger partial charge in [-0.1, -0.05) is 36.4 Å². The quantitative estimate of drug-likeness (QED) is 0.847. The van der Waals surface area contributed by atoms with Crippen LogP contribution in [-0.4, -0.2) is 60.6 Å². The van der Waals surface area contributed by atoms with E-state index in [0.717, 1.165) is 38.5 Å². The minimum absolute atomic E-state index is 0.403. The minimum Gasteiger partial charge on any atom is -0.354 e. The van der Waals surface area contributed by atoms with Crippen LogP contribution in [0.3, 0.4) is 0 Å². The predicted molar refractivity (Wildman–Crippen MR) is 106 cm³/mol. The second kappa shape index (κ2) is 6.67. The Balaban J connectivity index is 1.20. The Morgan fingerprint density at radius 2 is 1.62 bits per heavy atom. The molecule has 4 heterocycles. The molecule has 0 atom stereocenters. The van der Waals surface area contributed by atoms with Crippen molar-refractivity contribution in [1.82, 2.24) is 14.8 Å². The van der Waals surface area contributed by atoms with E-state index in [1.165, 1.54) is 43.6 Å². The van der Waals surface area contributed by atoms with Crippen molar-refractivity contribution in [3.63, 3.8) is 0 Å². The van der Waals surface area contributed by atoms with E-state index in [1.807, 2.05) is 0 Å². The lowest BCUT2D eigenvalue weighted by atomic mass is 9.79. The topological polar surface area (TPSA) is 22.6 Å². The number of pyridine rings is 1. The molecule has 3 fully saturated rings. The van der Waals surface area contributed by atoms with Gasteiger partial charge in [0.25, 0.3) is 0 Å². The molecule has 4 heteroatoms. The van der Waals surface area contributed by atoms with Crippen LogP contribution < -0.4 is 4.90 Å². The van der Waals surface area contributed by atoms with Gasteiger partial charge in [-0.25, -0.2) is 4.98 Å². The highest BCUT2D eigenvalue weighted by atomic mass is 15.3. The second-order valence-electron chi connectivity index (χ2n) is 8.21. The molecule has 0 amide bonds. The summed E-state index contributed by atoms with van der Waals surface area (Å²) in [5.41, 5.74) is 3.27. The van der Waals surface area contributed by atoms with Crippen LogP contribution in [-0.2, 0) is 12.0 Å². The van der Waals surface area contributed by atoms with Crippen molar-refractivity contribution in [2.45, 2.75) is 24.8 Å². The molecule has 3 aliphatic rings. The predicted octanol–water partition coefficient (Wildman–Crippen LogP) is 2.75. The highest BCUT2D eigenvalue weighted by Gasteiger charge is 2.44. The zero-order valence-corrected chi connectivity index (χ0v) is 15.5. The summed E-state index contributed by atoms with van der Waals surface area (Å²) in [7, 11) is 0. The Labute approximate surface area is 156 Å². The van der Waals surface area contributed by atoms with Gasteiger partial charge >= 0.3 is 0 Å². The third-order valence-electron chi connectivity index (χ3n) is 6.64. The summed E-state index contributed by atoms with van der Waals surface area (Å²) >= 11 is 0. The first-order valence-electron chi connectivity index (χ1n) is 10.0. The van der Waals surface area contributed by atoms with Crippen LogP contribution in [0.2, 0.25) is 0 Å². The number of aromatic nitrogens is 1. The van der Waals surface area contributed by atoms with Crippen molar-refractivity contribution >= 4 is 5.82 Å². The molecule has 0 aliphatic carbocycles. The van der Waals surface area contributed by atoms with E-state index >= 15 is 0 Å². The van der Waals surface area contributed by atoms with Crippen molar-refractivity contribution in [2.24, 2.45) is 0 Å². The van der Waals surface area contributed by atoms with Crippen LogP contribution in [0, 0.1) is 0 Å². The van der Waals surface area contributed by atoms with E-state index in [9.17, 15) is 0 Å². The number of fused-ring (bicyclic) bond motifs is 2. The average Bonchev–Trinajstić information content (AvgIpc) is 3.32. The average molecular weight is 348 g/mol. The zero-order valence-electron chi connectivity index (χ0n) is 15.5. The first kappa shape index (κ1) is 16.3. The van der Waals surface area contributed by atoms with Gasteiger partial charge in [0, 0.05) is 50.9 Å². The maximum absolute atomic E-state index is 4.86. The molecule has 3 saturated heterocycles. The lowest BCUT2D eigenvalue weighted by Crippen LogP contribution is -2.46. The van der Waals surface area contributed by atoms with Crippen LogP contribution in [0.4, 0.5) is 5.82 Å². The molecule has 2 aromatic rings. The van der Waals surface area contributed by atoms with Crippen LogP contribution in [0.1, 0.15) is 24.0 Å². The summed E-state index contributed by atoms with van der Waals surface area (Å²) in [6.07, 6.45) is 4.79. The minimum atomic E-state index is 0.403. The molecule has 3 aliphatic heterocycles. The van der Waals surface area contributed by atoms with Crippen LogP contribution in [0.5, 0.6) is 0 Å². The highest BCUT2D eigenvalue weighted by molar-refractivity contribution is 5.42. The van der Waals surface area contributed by atoms with E-state index in [-0.39, 0.29) is 0 Å². The van der Waals surface area contributed by atoms with Crippen molar-refractivity contribution in [3.8, 4) is 0 Å². The molecule has 1 aromatic carbocycles. The van der Waals surface area contributed by atoms with Gasteiger partial charge in [-0.2, -0.15) is 0 Å². The number of piperidine rings is 1. The number of anilines is 1. The van der Waals surface area contributed by atoms with E-state index in [1.54, 1.807) is 0 Å². The Morgan fingerprint density at radius 1 is 0.846 bits per heavy atom. The molecule has 0 radical (unpaired) electrons. The van der Waals surface area contributed by atoms with Crippen molar-refractivity contribution in [2.75, 3.05) is 50.7 Å². The van der Waals surface area contributed by atoms with Crippen molar-refractivity contribution < 1.29 is 0 Å². The van der Waals surface area contributed by atoms with Gasteiger partial charge in [0.15, 0.2) is 0 Å². The Morgan fingerprint density at radius 3 is 2.23 bits per heavy atom. The van der Waals surface area contributed by atoms with E-state index < -0.39 is 0 Å². The normalized spacial score (nSPS) is 28.6. The number of benzene rings is 1. The molecule has 5 rings (SSSR count). The fraction of sp³-hybridized carbons (Fsp3) is 0.500. The Hall–Kier alpha value is -1.91. The van der Waals surface area contributed by atoms with Gasteiger partial charge in [0.1, 0.15) is 5.82 Å². The third kappa shape index (κ3) is 3.01. The first-order valence-corrected chi connectivity index (χ1v) is 10.0. The van der Waals surface area contributed by atoms with E-state index in [0.29, 0.717) is 5.41 Å². The summed E-state index contributed by atoms with van der Waals surface area (Å²) in [4.78, 5) is 12.4. The number of rotatable bonds is 4. The van der Waals surface area contributed by atoms with Gasteiger partial charge in [0.2, 0.25) is 0 Å². The van der Waals surface area contributed by atoms with Crippen molar-refractivity contribution in [3.05, 3.63) is 59.8 Å². The third-order valence-corrected chi connectivity index (χ3v) is 6.64. The van der Waals surface area contributed by atoms with E-state index in [4.69, 9.17) is 4.98 Å². The van der Waals surface area contributed by atoms with Gasteiger partial charge in [-0.05, 0) is 43.1 Å². The first-order chi connectivity index (χ1) is 12.8. The maximum Gasteiger partial charge on any atom is 0.128 e. The summed E-state index contributed by atoms with van der Waals surface area (Å²) in [5, 5.41) is 0. The Kier molecular flexibility index (Phi) is 4.18. The number of nitrogens with zero attached hydrogens (tertiary/aromatic N) is 4. The SMILES string of the molecule is c1ccc(CN2CCN(c3ccc(C45CCN(CC4)C5)cn3)CC2)cc1.